The summed E-state index contributed by atoms with van der Waals surface area (Å²) < 4.78 is 4.57. The van der Waals surface area contributed by atoms with Crippen LogP contribution in [0.5, 0.6) is 5.95 Å². The topological polar surface area (TPSA) is 66.2 Å². The Morgan fingerprint density at radius 3 is 2.73 bits per heavy atom. The molecule has 1 aromatic heterocycles. The molecule has 0 unspecified atom stereocenters. The van der Waals surface area contributed by atoms with Crippen molar-refractivity contribution < 1.29 is 9.63 Å². The van der Waals surface area contributed by atoms with Crippen molar-refractivity contribution in [3.05, 3.63) is 40.2 Å². The molecule has 0 aliphatic rings. The molecule has 0 fully saturated rings. The van der Waals surface area contributed by atoms with Crippen LogP contribution in [0.3, 0.4) is 0 Å². The summed E-state index contributed by atoms with van der Waals surface area (Å²) in [5, 5.41) is 11.5. The minimum atomic E-state index is -0.409. The molecule has 0 radical (unpaired) electrons. The second-order valence-electron chi connectivity index (χ2n) is 3.22. The Bertz CT molecular complexity index is 525. The first-order chi connectivity index (χ1) is 7.24. The highest BCUT2D eigenvalue weighted by molar-refractivity contribution is 5.69. The van der Waals surface area contributed by atoms with Gasteiger partial charge < -0.3 is 9.63 Å². The van der Waals surface area contributed by atoms with Crippen LogP contribution in [0.25, 0.3) is 11.1 Å². The molecule has 1 aromatic carbocycles. The van der Waals surface area contributed by atoms with Gasteiger partial charge >= 0.3 is 5.95 Å². The largest absolute Gasteiger partial charge is 0.479 e. The van der Waals surface area contributed by atoms with E-state index in [1.807, 2.05) is 25.1 Å². The van der Waals surface area contributed by atoms with Gasteiger partial charge in [0.05, 0.1) is 0 Å². The molecule has 0 saturated carbocycles. The minimum Gasteiger partial charge on any atom is -0.479 e. The molecule has 2 rings (SSSR count). The molecule has 0 aliphatic heterocycles. The van der Waals surface area contributed by atoms with Crippen LogP contribution in [0.2, 0.25) is 0 Å². The summed E-state index contributed by atoms with van der Waals surface area (Å²) in [6, 6.07) is 7.42. The van der Waals surface area contributed by atoms with Crippen molar-refractivity contribution in [2.75, 3.05) is 0 Å². The molecular formula is C11H11NO3. The van der Waals surface area contributed by atoms with Crippen LogP contribution < -0.4 is 5.56 Å². The van der Waals surface area contributed by atoms with E-state index in [0.29, 0.717) is 5.56 Å². The number of H-pyrrole nitrogens is 1. The molecular weight excluding hydrogens is 194 g/mol. The molecule has 2 N–H and O–H groups in total. The van der Waals surface area contributed by atoms with Crippen molar-refractivity contribution in [1.82, 2.24) is 5.16 Å². The Hall–Kier alpha value is -1.97. The average molecular weight is 205 g/mol. The molecule has 0 aliphatic carbocycles. The van der Waals surface area contributed by atoms with Gasteiger partial charge in [0.25, 0.3) is 5.56 Å². The first-order valence-corrected chi connectivity index (χ1v) is 4.72. The molecule has 4 heteroatoms. The summed E-state index contributed by atoms with van der Waals surface area (Å²) in [4.78, 5) is 11.4. The maximum atomic E-state index is 11.4. The third-order valence-electron chi connectivity index (χ3n) is 2.35. The second-order valence-corrected chi connectivity index (χ2v) is 3.22. The van der Waals surface area contributed by atoms with E-state index in [4.69, 9.17) is 0 Å². The molecule has 15 heavy (non-hydrogen) atoms. The lowest BCUT2D eigenvalue weighted by Gasteiger charge is -2.03. The quantitative estimate of drug-likeness (QED) is 0.786. The summed E-state index contributed by atoms with van der Waals surface area (Å²) in [7, 11) is 0. The number of hydrogen-bond acceptors (Lipinski definition) is 3. The van der Waals surface area contributed by atoms with Gasteiger partial charge in [0, 0.05) is 0 Å². The number of hydrogen-bond donors (Lipinski definition) is 2. The van der Waals surface area contributed by atoms with Crippen LogP contribution in [0.4, 0.5) is 0 Å². The van der Waals surface area contributed by atoms with Gasteiger partial charge in [-0.05, 0) is 17.5 Å². The first-order valence-electron chi connectivity index (χ1n) is 4.72. The Morgan fingerprint density at radius 1 is 1.40 bits per heavy atom. The molecule has 78 valence electrons. The number of aromatic hydroxyl groups is 1. The van der Waals surface area contributed by atoms with E-state index in [9.17, 15) is 9.90 Å². The van der Waals surface area contributed by atoms with Crippen molar-refractivity contribution in [3.63, 3.8) is 0 Å². The predicted molar refractivity (Wildman–Crippen MR) is 55.8 cm³/mol. The summed E-state index contributed by atoms with van der Waals surface area (Å²) in [5.74, 6) is -0.360. The zero-order valence-corrected chi connectivity index (χ0v) is 8.28. The second kappa shape index (κ2) is 3.65. The molecule has 2 aromatic rings. The maximum Gasteiger partial charge on any atom is 0.317 e. The zero-order valence-electron chi connectivity index (χ0n) is 8.28. The lowest BCUT2D eigenvalue weighted by atomic mass is 10.0. The van der Waals surface area contributed by atoms with Gasteiger partial charge in [-0.15, -0.1) is 0 Å². The molecule has 0 saturated heterocycles. The van der Waals surface area contributed by atoms with Crippen molar-refractivity contribution in [2.24, 2.45) is 0 Å². The monoisotopic (exact) mass is 205 g/mol. The third-order valence-corrected chi connectivity index (χ3v) is 2.35. The van der Waals surface area contributed by atoms with E-state index >= 15 is 0 Å². The van der Waals surface area contributed by atoms with Crippen LogP contribution in [0.1, 0.15) is 12.5 Å². The van der Waals surface area contributed by atoms with Gasteiger partial charge in [-0.3, -0.25) is 4.79 Å². The van der Waals surface area contributed by atoms with Crippen molar-refractivity contribution in [1.29, 1.82) is 0 Å². The van der Waals surface area contributed by atoms with Crippen LogP contribution >= 0.6 is 0 Å². The van der Waals surface area contributed by atoms with Gasteiger partial charge in [0.15, 0.2) is 0 Å². The Balaban J connectivity index is 2.69. The lowest BCUT2D eigenvalue weighted by molar-refractivity contribution is 0.277. The number of rotatable bonds is 2. The molecule has 0 spiro atoms. The van der Waals surface area contributed by atoms with Gasteiger partial charge in [-0.2, -0.15) is 5.16 Å². The number of benzene rings is 1. The van der Waals surface area contributed by atoms with Gasteiger partial charge in [0.1, 0.15) is 5.56 Å². The van der Waals surface area contributed by atoms with E-state index in [1.165, 1.54) is 0 Å². The Kier molecular flexibility index (Phi) is 2.33. The smallest absolute Gasteiger partial charge is 0.317 e. The van der Waals surface area contributed by atoms with Crippen molar-refractivity contribution in [2.45, 2.75) is 13.3 Å². The van der Waals surface area contributed by atoms with Crippen LogP contribution in [0.15, 0.2) is 33.6 Å². The molecule has 0 amide bonds. The first kappa shape index (κ1) is 9.58. The highest BCUT2D eigenvalue weighted by Gasteiger charge is 2.15. The number of aromatic amines is 1. The van der Waals surface area contributed by atoms with E-state index in [0.717, 1.165) is 12.0 Å². The minimum absolute atomic E-state index is 0.201. The van der Waals surface area contributed by atoms with E-state index in [1.54, 1.807) is 6.07 Å². The van der Waals surface area contributed by atoms with E-state index in [2.05, 4.69) is 9.68 Å². The van der Waals surface area contributed by atoms with Crippen molar-refractivity contribution in [3.8, 4) is 17.1 Å². The van der Waals surface area contributed by atoms with Crippen molar-refractivity contribution >= 4 is 0 Å². The standard InChI is InChI=1S/C11H11NO3/c1-2-7-5-3-4-6-8(7)9-10(13)12-15-11(9)14/h3-6,14H,2H2,1H3,(H,12,13). The van der Waals surface area contributed by atoms with E-state index < -0.39 is 5.56 Å². The summed E-state index contributed by atoms with van der Waals surface area (Å²) in [6.45, 7) is 1.99. The van der Waals surface area contributed by atoms with Crippen LogP contribution in [0, 0.1) is 0 Å². The van der Waals surface area contributed by atoms with Gasteiger partial charge in [-0.25, -0.2) is 0 Å². The fraction of sp³-hybridized carbons (Fsp3) is 0.182. The number of aryl methyl sites for hydroxylation is 1. The lowest BCUT2D eigenvalue weighted by Crippen LogP contribution is -2.02. The summed E-state index contributed by atoms with van der Waals surface area (Å²) in [5.41, 5.74) is 1.51. The van der Waals surface area contributed by atoms with Gasteiger partial charge in [-0.1, -0.05) is 31.2 Å². The Morgan fingerprint density at radius 2 is 2.13 bits per heavy atom. The Labute approximate surface area is 86.1 Å². The predicted octanol–water partition coefficient (Wildman–Crippen LogP) is 1.90. The van der Waals surface area contributed by atoms with Gasteiger partial charge in [0.2, 0.25) is 0 Å². The third kappa shape index (κ3) is 1.54. The van der Waals surface area contributed by atoms with Crippen LogP contribution in [-0.4, -0.2) is 10.3 Å². The molecule has 0 atom stereocenters. The fourth-order valence-electron chi connectivity index (χ4n) is 1.60. The fourth-order valence-corrected chi connectivity index (χ4v) is 1.60. The summed E-state index contributed by atoms with van der Waals surface area (Å²) in [6.07, 6.45) is 0.792. The van der Waals surface area contributed by atoms with Crippen LogP contribution in [-0.2, 0) is 6.42 Å². The van der Waals surface area contributed by atoms with E-state index in [-0.39, 0.29) is 11.5 Å². The zero-order chi connectivity index (χ0) is 10.8. The number of aromatic nitrogens is 1. The molecule has 0 bridgehead atoms. The highest BCUT2D eigenvalue weighted by Crippen LogP contribution is 2.28. The normalized spacial score (nSPS) is 10.5. The molecule has 1 heterocycles. The summed E-state index contributed by atoms with van der Waals surface area (Å²) >= 11 is 0. The highest BCUT2D eigenvalue weighted by atomic mass is 16.6. The average Bonchev–Trinajstić information content (AvgIpc) is 2.59. The maximum absolute atomic E-state index is 11.4. The SMILES string of the molecule is CCc1ccccc1-c1c(O)o[nH]c1=O. The molecule has 4 nitrogen and oxygen atoms in total. The number of nitrogens with one attached hydrogen (secondary N) is 1.